The summed E-state index contributed by atoms with van der Waals surface area (Å²) in [5, 5.41) is 5.60. The lowest BCUT2D eigenvalue weighted by molar-refractivity contribution is -0.116. The van der Waals surface area contributed by atoms with Crippen molar-refractivity contribution in [3.63, 3.8) is 0 Å². The first-order chi connectivity index (χ1) is 11.8. The molecule has 0 saturated carbocycles. The Morgan fingerprint density at radius 1 is 1.00 bits per heavy atom. The monoisotopic (exact) mass is 370 g/mol. The van der Waals surface area contributed by atoms with Gasteiger partial charge in [-0.2, -0.15) is 13.2 Å². The van der Waals surface area contributed by atoms with E-state index in [1.165, 1.54) is 6.07 Å². The minimum absolute atomic E-state index is 0.241. The Kier molecular flexibility index (Phi) is 6.70. The molecule has 2 rings (SSSR count). The molecule has 0 unspecified atom stereocenters. The highest BCUT2D eigenvalue weighted by Crippen LogP contribution is 2.24. The zero-order valence-corrected chi connectivity index (χ0v) is 14.1. The largest absolute Gasteiger partial charge is 0.405 e. The topological polar surface area (TPSA) is 41.1 Å². The first-order valence-electron chi connectivity index (χ1n) is 7.77. The van der Waals surface area contributed by atoms with Crippen LogP contribution in [0.4, 0.5) is 24.5 Å². The molecule has 1 amide bonds. The van der Waals surface area contributed by atoms with Gasteiger partial charge in [-0.05, 0) is 42.7 Å². The number of anilines is 2. The summed E-state index contributed by atoms with van der Waals surface area (Å²) in [5.41, 5.74) is 1.65. The molecule has 0 fully saturated rings. The molecule has 25 heavy (non-hydrogen) atoms. The predicted molar refractivity (Wildman–Crippen MR) is 94.0 cm³/mol. The molecule has 2 aromatic rings. The highest BCUT2D eigenvalue weighted by molar-refractivity contribution is 6.30. The maximum absolute atomic E-state index is 12.3. The summed E-state index contributed by atoms with van der Waals surface area (Å²) < 4.78 is 37.0. The molecule has 0 aliphatic heterocycles. The van der Waals surface area contributed by atoms with E-state index in [9.17, 15) is 18.0 Å². The molecule has 2 aromatic carbocycles. The second kappa shape index (κ2) is 8.76. The molecule has 0 heterocycles. The fraction of sp³-hybridized carbons (Fsp3) is 0.278. The molecule has 0 aromatic heterocycles. The SMILES string of the molecule is O=C(CCCc1ccc(Cl)cc1)Nc1ccccc1NCC(F)(F)F. The van der Waals surface area contributed by atoms with Crippen LogP contribution in [0.3, 0.4) is 0 Å². The number of hydrogen-bond acceptors (Lipinski definition) is 2. The molecule has 2 N–H and O–H groups in total. The number of aryl methyl sites for hydroxylation is 1. The van der Waals surface area contributed by atoms with Gasteiger partial charge in [0.15, 0.2) is 0 Å². The van der Waals surface area contributed by atoms with Gasteiger partial charge in [0.05, 0.1) is 11.4 Å². The third-order valence-corrected chi connectivity index (χ3v) is 3.71. The number of hydrogen-bond donors (Lipinski definition) is 2. The number of carbonyl (C=O) groups excluding carboxylic acids is 1. The summed E-state index contributed by atoms with van der Waals surface area (Å²) in [6.07, 6.45) is -2.70. The molecule has 0 aliphatic carbocycles. The number of nitrogens with one attached hydrogen (secondary N) is 2. The van der Waals surface area contributed by atoms with Crippen molar-refractivity contribution >= 4 is 28.9 Å². The number of benzene rings is 2. The average Bonchev–Trinajstić information content (AvgIpc) is 2.55. The van der Waals surface area contributed by atoms with Crippen LogP contribution in [0.5, 0.6) is 0 Å². The lowest BCUT2D eigenvalue weighted by Crippen LogP contribution is -2.22. The van der Waals surface area contributed by atoms with Gasteiger partial charge in [-0.25, -0.2) is 0 Å². The number of rotatable bonds is 7. The number of para-hydroxylation sites is 2. The van der Waals surface area contributed by atoms with E-state index < -0.39 is 12.7 Å². The zero-order chi connectivity index (χ0) is 18.3. The van der Waals surface area contributed by atoms with E-state index in [1.807, 2.05) is 12.1 Å². The normalized spacial score (nSPS) is 11.2. The first kappa shape index (κ1) is 19.1. The van der Waals surface area contributed by atoms with E-state index >= 15 is 0 Å². The van der Waals surface area contributed by atoms with Crippen LogP contribution in [-0.2, 0) is 11.2 Å². The van der Waals surface area contributed by atoms with Gasteiger partial charge >= 0.3 is 6.18 Å². The van der Waals surface area contributed by atoms with E-state index in [0.29, 0.717) is 17.1 Å². The van der Waals surface area contributed by atoms with Crippen LogP contribution in [0.2, 0.25) is 5.02 Å². The van der Waals surface area contributed by atoms with Crippen molar-refractivity contribution < 1.29 is 18.0 Å². The predicted octanol–water partition coefficient (Wildman–Crippen LogP) is 5.28. The molecular weight excluding hydrogens is 353 g/mol. The first-order valence-corrected chi connectivity index (χ1v) is 8.15. The van der Waals surface area contributed by atoms with Gasteiger partial charge in [-0.15, -0.1) is 0 Å². The van der Waals surface area contributed by atoms with Gasteiger partial charge < -0.3 is 10.6 Å². The van der Waals surface area contributed by atoms with Gasteiger partial charge in [0.25, 0.3) is 0 Å². The minimum Gasteiger partial charge on any atom is -0.375 e. The maximum Gasteiger partial charge on any atom is 0.405 e. The van der Waals surface area contributed by atoms with Crippen LogP contribution in [0, 0.1) is 0 Å². The summed E-state index contributed by atoms with van der Waals surface area (Å²) in [4.78, 5) is 12.0. The minimum atomic E-state index is -4.32. The van der Waals surface area contributed by atoms with E-state index in [0.717, 1.165) is 12.0 Å². The van der Waals surface area contributed by atoms with Crippen LogP contribution < -0.4 is 10.6 Å². The quantitative estimate of drug-likeness (QED) is 0.696. The Balaban J connectivity index is 1.84. The summed E-state index contributed by atoms with van der Waals surface area (Å²) in [7, 11) is 0. The second-order valence-electron chi connectivity index (χ2n) is 5.54. The van der Waals surface area contributed by atoms with Crippen LogP contribution in [0.1, 0.15) is 18.4 Å². The smallest absolute Gasteiger partial charge is 0.375 e. The Hall–Kier alpha value is -2.21. The Morgan fingerprint density at radius 3 is 2.28 bits per heavy atom. The number of halogens is 4. The molecule has 0 spiro atoms. The number of amides is 1. The Morgan fingerprint density at radius 2 is 1.64 bits per heavy atom. The highest BCUT2D eigenvalue weighted by atomic mass is 35.5. The molecule has 7 heteroatoms. The fourth-order valence-corrected chi connectivity index (χ4v) is 2.38. The van der Waals surface area contributed by atoms with Crippen LogP contribution in [0.25, 0.3) is 0 Å². The Bertz CT molecular complexity index is 702. The van der Waals surface area contributed by atoms with Crippen molar-refractivity contribution in [3.8, 4) is 0 Å². The second-order valence-corrected chi connectivity index (χ2v) is 5.98. The van der Waals surface area contributed by atoms with Crippen molar-refractivity contribution in [2.24, 2.45) is 0 Å². The molecule has 134 valence electrons. The molecule has 0 saturated heterocycles. The standard InChI is InChI=1S/C18H18ClF3N2O/c19-14-10-8-13(9-11-14)4-3-7-17(25)24-16-6-2-1-5-15(16)23-12-18(20,21)22/h1-2,5-6,8-11,23H,3-4,7,12H2,(H,24,25). The maximum atomic E-state index is 12.3. The molecule has 0 aliphatic rings. The Labute approximate surface area is 149 Å². The van der Waals surface area contributed by atoms with E-state index in [1.54, 1.807) is 30.3 Å². The number of carbonyl (C=O) groups is 1. The highest BCUT2D eigenvalue weighted by Gasteiger charge is 2.27. The molecule has 0 radical (unpaired) electrons. The van der Waals surface area contributed by atoms with Crippen molar-refractivity contribution in [1.82, 2.24) is 0 Å². The summed E-state index contributed by atoms with van der Waals surface area (Å²) in [6.45, 7) is -1.16. The third-order valence-electron chi connectivity index (χ3n) is 3.46. The summed E-state index contributed by atoms with van der Waals surface area (Å²) >= 11 is 5.81. The van der Waals surface area contributed by atoms with Crippen molar-refractivity contribution in [1.29, 1.82) is 0 Å². The molecule has 3 nitrogen and oxygen atoms in total. The van der Waals surface area contributed by atoms with Crippen LogP contribution in [-0.4, -0.2) is 18.6 Å². The van der Waals surface area contributed by atoms with Gasteiger partial charge in [0, 0.05) is 11.4 Å². The van der Waals surface area contributed by atoms with Gasteiger partial charge in [-0.3, -0.25) is 4.79 Å². The van der Waals surface area contributed by atoms with Gasteiger partial charge in [-0.1, -0.05) is 35.9 Å². The summed E-state index contributed by atoms with van der Waals surface area (Å²) in [6, 6.07) is 13.7. The lowest BCUT2D eigenvalue weighted by atomic mass is 10.1. The van der Waals surface area contributed by atoms with Gasteiger partial charge in [0.1, 0.15) is 6.54 Å². The molecule has 0 bridgehead atoms. The molecular formula is C18H18ClF3N2O. The van der Waals surface area contributed by atoms with E-state index in [2.05, 4.69) is 10.6 Å². The van der Waals surface area contributed by atoms with E-state index in [4.69, 9.17) is 11.6 Å². The molecule has 0 atom stereocenters. The van der Waals surface area contributed by atoms with Crippen molar-refractivity contribution in [2.45, 2.75) is 25.4 Å². The van der Waals surface area contributed by atoms with Gasteiger partial charge in [0.2, 0.25) is 5.91 Å². The van der Waals surface area contributed by atoms with Crippen LogP contribution >= 0.6 is 11.6 Å². The fourth-order valence-electron chi connectivity index (χ4n) is 2.26. The van der Waals surface area contributed by atoms with Crippen LogP contribution in [0.15, 0.2) is 48.5 Å². The van der Waals surface area contributed by atoms with E-state index in [-0.39, 0.29) is 18.0 Å². The zero-order valence-electron chi connectivity index (χ0n) is 13.4. The third kappa shape index (κ3) is 7.05. The van der Waals surface area contributed by atoms with Crippen molar-refractivity contribution in [3.05, 3.63) is 59.1 Å². The number of alkyl halides is 3. The van der Waals surface area contributed by atoms with Crippen molar-refractivity contribution in [2.75, 3.05) is 17.2 Å². The summed E-state index contributed by atoms with van der Waals surface area (Å²) in [5.74, 6) is -0.241. The lowest BCUT2D eigenvalue weighted by Gasteiger charge is -2.14. The average molecular weight is 371 g/mol.